The molecule has 0 saturated heterocycles. The SMILES string of the molecule is CSCCCCNCc1cc2c(cc1Br)OCO2. The Morgan fingerprint density at radius 1 is 1.28 bits per heavy atom. The van der Waals surface area contributed by atoms with Gasteiger partial charge in [0.1, 0.15) is 0 Å². The summed E-state index contributed by atoms with van der Waals surface area (Å²) in [6.45, 7) is 2.24. The van der Waals surface area contributed by atoms with Gasteiger partial charge in [-0.2, -0.15) is 11.8 Å². The molecule has 5 heteroatoms. The zero-order valence-corrected chi connectivity index (χ0v) is 12.9. The van der Waals surface area contributed by atoms with Crippen molar-refractivity contribution >= 4 is 27.7 Å². The van der Waals surface area contributed by atoms with E-state index in [0.717, 1.165) is 29.1 Å². The largest absolute Gasteiger partial charge is 0.454 e. The van der Waals surface area contributed by atoms with Crippen molar-refractivity contribution in [2.45, 2.75) is 19.4 Å². The fourth-order valence-corrected chi connectivity index (χ4v) is 2.77. The monoisotopic (exact) mass is 331 g/mol. The number of nitrogens with one attached hydrogen (secondary N) is 1. The molecule has 0 aromatic heterocycles. The first kappa shape index (κ1) is 14.0. The highest BCUT2D eigenvalue weighted by Gasteiger charge is 2.15. The number of rotatable bonds is 7. The molecule has 1 aliphatic heterocycles. The lowest BCUT2D eigenvalue weighted by Crippen LogP contribution is -2.15. The predicted octanol–water partition coefficient (Wildman–Crippen LogP) is 3.41. The second-order valence-corrected chi connectivity index (χ2v) is 6.01. The topological polar surface area (TPSA) is 30.5 Å². The third-order valence-electron chi connectivity index (χ3n) is 2.81. The highest BCUT2D eigenvalue weighted by molar-refractivity contribution is 9.10. The number of unbranched alkanes of at least 4 members (excludes halogenated alkanes) is 1. The van der Waals surface area contributed by atoms with E-state index in [1.165, 1.54) is 24.2 Å². The molecule has 3 nitrogen and oxygen atoms in total. The molecule has 1 aliphatic rings. The first-order valence-electron chi connectivity index (χ1n) is 6.09. The molecule has 0 bridgehead atoms. The fourth-order valence-electron chi connectivity index (χ4n) is 1.81. The number of hydrogen-bond acceptors (Lipinski definition) is 4. The van der Waals surface area contributed by atoms with Gasteiger partial charge < -0.3 is 14.8 Å². The average molecular weight is 332 g/mol. The van der Waals surface area contributed by atoms with Gasteiger partial charge in [0.15, 0.2) is 11.5 Å². The van der Waals surface area contributed by atoms with Crippen LogP contribution < -0.4 is 14.8 Å². The van der Waals surface area contributed by atoms with Gasteiger partial charge >= 0.3 is 0 Å². The first-order valence-corrected chi connectivity index (χ1v) is 8.27. The van der Waals surface area contributed by atoms with Crippen molar-refractivity contribution in [3.63, 3.8) is 0 Å². The number of hydrogen-bond donors (Lipinski definition) is 1. The van der Waals surface area contributed by atoms with Gasteiger partial charge in [-0.1, -0.05) is 15.9 Å². The van der Waals surface area contributed by atoms with E-state index in [9.17, 15) is 0 Å². The number of thioether (sulfide) groups is 1. The molecule has 1 N–H and O–H groups in total. The summed E-state index contributed by atoms with van der Waals surface area (Å²) in [6, 6.07) is 4.02. The zero-order chi connectivity index (χ0) is 12.8. The van der Waals surface area contributed by atoms with Crippen LogP contribution >= 0.6 is 27.7 Å². The Morgan fingerprint density at radius 3 is 2.83 bits per heavy atom. The molecule has 1 heterocycles. The quantitative estimate of drug-likeness (QED) is 0.775. The molecule has 0 aliphatic carbocycles. The van der Waals surface area contributed by atoms with Crippen LogP contribution in [0.3, 0.4) is 0 Å². The second kappa shape index (κ2) is 7.26. The summed E-state index contributed by atoms with van der Waals surface area (Å²) in [5.74, 6) is 2.91. The van der Waals surface area contributed by atoms with Crippen LogP contribution in [0.5, 0.6) is 11.5 Å². The number of ether oxygens (including phenoxy) is 2. The maximum absolute atomic E-state index is 5.38. The lowest BCUT2D eigenvalue weighted by Gasteiger charge is -2.08. The molecule has 0 atom stereocenters. The van der Waals surface area contributed by atoms with Crippen LogP contribution in [0.15, 0.2) is 16.6 Å². The number of benzene rings is 1. The maximum Gasteiger partial charge on any atom is 0.231 e. The fraction of sp³-hybridized carbons (Fsp3) is 0.538. The minimum Gasteiger partial charge on any atom is -0.454 e. The average Bonchev–Trinajstić information content (AvgIpc) is 2.80. The van der Waals surface area contributed by atoms with Gasteiger partial charge in [0.2, 0.25) is 6.79 Å². The molecule has 2 rings (SSSR count). The Hall–Kier alpha value is -0.390. The molecule has 18 heavy (non-hydrogen) atoms. The Kier molecular flexibility index (Phi) is 5.66. The Morgan fingerprint density at radius 2 is 2.06 bits per heavy atom. The highest BCUT2D eigenvalue weighted by atomic mass is 79.9. The van der Waals surface area contributed by atoms with E-state index < -0.39 is 0 Å². The van der Waals surface area contributed by atoms with Crippen LogP contribution in [0.2, 0.25) is 0 Å². The molecule has 0 saturated carbocycles. The van der Waals surface area contributed by atoms with Crippen LogP contribution in [0, 0.1) is 0 Å². The van der Waals surface area contributed by atoms with Gasteiger partial charge in [-0.05, 0) is 49.1 Å². The van der Waals surface area contributed by atoms with Crippen molar-refractivity contribution in [3.05, 3.63) is 22.2 Å². The summed E-state index contributed by atoms with van der Waals surface area (Å²) in [7, 11) is 0. The molecular weight excluding hydrogens is 314 g/mol. The Balaban J connectivity index is 1.79. The molecule has 100 valence electrons. The van der Waals surface area contributed by atoms with E-state index in [1.807, 2.05) is 23.9 Å². The third kappa shape index (κ3) is 3.80. The first-order chi connectivity index (χ1) is 8.81. The van der Waals surface area contributed by atoms with E-state index in [2.05, 4.69) is 27.5 Å². The number of fused-ring (bicyclic) bond motifs is 1. The molecule has 0 spiro atoms. The molecular formula is C13H18BrNO2S. The Bertz CT molecular complexity index is 401. The molecule has 0 radical (unpaired) electrons. The van der Waals surface area contributed by atoms with E-state index >= 15 is 0 Å². The van der Waals surface area contributed by atoms with Crippen molar-refractivity contribution in [3.8, 4) is 11.5 Å². The summed E-state index contributed by atoms with van der Waals surface area (Å²) in [5.41, 5.74) is 1.21. The summed E-state index contributed by atoms with van der Waals surface area (Å²) < 4.78 is 11.8. The van der Waals surface area contributed by atoms with Gasteiger partial charge in [0, 0.05) is 11.0 Å². The predicted molar refractivity (Wildman–Crippen MR) is 79.6 cm³/mol. The molecule has 0 amide bonds. The van der Waals surface area contributed by atoms with Gasteiger partial charge in [-0.3, -0.25) is 0 Å². The van der Waals surface area contributed by atoms with E-state index in [1.54, 1.807) is 0 Å². The minimum atomic E-state index is 0.327. The lowest BCUT2D eigenvalue weighted by molar-refractivity contribution is 0.174. The summed E-state index contributed by atoms with van der Waals surface area (Å²) in [6.07, 6.45) is 4.65. The van der Waals surface area contributed by atoms with Crippen molar-refractivity contribution in [1.29, 1.82) is 0 Å². The number of halogens is 1. The summed E-state index contributed by atoms with van der Waals surface area (Å²) in [4.78, 5) is 0. The van der Waals surface area contributed by atoms with E-state index in [0.29, 0.717) is 6.79 Å². The van der Waals surface area contributed by atoms with Crippen LogP contribution in [0.4, 0.5) is 0 Å². The van der Waals surface area contributed by atoms with Crippen molar-refractivity contribution in [2.75, 3.05) is 25.3 Å². The van der Waals surface area contributed by atoms with Gasteiger partial charge in [-0.25, -0.2) is 0 Å². The Labute approximate surface area is 121 Å². The standard InChI is InChI=1S/C13H18BrNO2S/c1-18-5-3-2-4-15-8-10-6-12-13(7-11(10)14)17-9-16-12/h6-7,15H,2-5,8-9H2,1H3. The van der Waals surface area contributed by atoms with Crippen LogP contribution in [0.1, 0.15) is 18.4 Å². The van der Waals surface area contributed by atoms with Crippen molar-refractivity contribution in [2.24, 2.45) is 0 Å². The third-order valence-corrected chi connectivity index (χ3v) is 4.24. The molecule has 1 aromatic rings. The van der Waals surface area contributed by atoms with E-state index in [-0.39, 0.29) is 0 Å². The molecule has 1 aromatic carbocycles. The van der Waals surface area contributed by atoms with Gasteiger partial charge in [0.25, 0.3) is 0 Å². The minimum absolute atomic E-state index is 0.327. The van der Waals surface area contributed by atoms with Gasteiger partial charge in [-0.15, -0.1) is 0 Å². The normalized spacial score (nSPS) is 13.0. The van der Waals surface area contributed by atoms with Crippen molar-refractivity contribution < 1.29 is 9.47 Å². The molecule has 0 unspecified atom stereocenters. The zero-order valence-electron chi connectivity index (χ0n) is 10.5. The van der Waals surface area contributed by atoms with Gasteiger partial charge in [0.05, 0.1) is 0 Å². The highest BCUT2D eigenvalue weighted by Crippen LogP contribution is 2.36. The summed E-state index contributed by atoms with van der Waals surface area (Å²) >= 11 is 5.47. The summed E-state index contributed by atoms with van der Waals surface area (Å²) in [5, 5.41) is 3.46. The van der Waals surface area contributed by atoms with Crippen LogP contribution in [0.25, 0.3) is 0 Å². The second-order valence-electron chi connectivity index (χ2n) is 4.17. The smallest absolute Gasteiger partial charge is 0.231 e. The molecule has 0 fully saturated rings. The van der Waals surface area contributed by atoms with Crippen molar-refractivity contribution in [1.82, 2.24) is 5.32 Å². The van der Waals surface area contributed by atoms with Crippen LogP contribution in [-0.2, 0) is 6.54 Å². The lowest BCUT2D eigenvalue weighted by atomic mass is 10.2. The van der Waals surface area contributed by atoms with Crippen LogP contribution in [-0.4, -0.2) is 25.3 Å². The maximum atomic E-state index is 5.38. The van der Waals surface area contributed by atoms with E-state index in [4.69, 9.17) is 9.47 Å².